The van der Waals surface area contributed by atoms with E-state index in [-0.39, 0.29) is 13.0 Å². The van der Waals surface area contributed by atoms with Crippen LogP contribution in [0.3, 0.4) is 0 Å². The predicted octanol–water partition coefficient (Wildman–Crippen LogP) is 6.30. The Kier molecular flexibility index (Phi) is 5.60. The fraction of sp³-hybridized carbons (Fsp3) is 0.0909. The molecular formula is C22H15Cl3N2O3. The van der Waals surface area contributed by atoms with Crippen LogP contribution < -0.4 is 10.2 Å². The highest BCUT2D eigenvalue weighted by Crippen LogP contribution is 2.43. The van der Waals surface area contributed by atoms with E-state index in [1.54, 1.807) is 36.4 Å². The number of aliphatic carboxylic acids is 1. The van der Waals surface area contributed by atoms with E-state index >= 15 is 0 Å². The van der Waals surface area contributed by atoms with Gasteiger partial charge in [0.15, 0.2) is 0 Å². The van der Waals surface area contributed by atoms with Crippen molar-refractivity contribution in [1.82, 2.24) is 5.32 Å². The van der Waals surface area contributed by atoms with Crippen molar-refractivity contribution in [2.24, 2.45) is 0 Å². The molecule has 8 heteroatoms. The van der Waals surface area contributed by atoms with Crippen molar-refractivity contribution in [1.29, 1.82) is 0 Å². The standard InChI is InChI=1S/C22H15Cl3N2O3/c23-14-6-4-13(5-7-14)15-8-12(10-20(28)29)9-19-16(15)11-26-22(30)27(19)21-17(24)2-1-3-18(21)25/h1-9H,10-11H2,(H,26,30)(H,28,29). The van der Waals surface area contributed by atoms with Gasteiger partial charge in [-0.1, -0.05) is 59.1 Å². The number of halogens is 3. The van der Waals surface area contributed by atoms with Crippen LogP contribution in [0.15, 0.2) is 54.6 Å². The summed E-state index contributed by atoms with van der Waals surface area (Å²) in [7, 11) is 0. The summed E-state index contributed by atoms with van der Waals surface area (Å²) in [5.74, 6) is -0.973. The molecule has 1 aliphatic heterocycles. The molecule has 4 rings (SSSR count). The van der Waals surface area contributed by atoms with Crippen LogP contribution in [0.25, 0.3) is 11.1 Å². The zero-order valence-electron chi connectivity index (χ0n) is 15.5. The van der Waals surface area contributed by atoms with Gasteiger partial charge in [-0.3, -0.25) is 9.69 Å². The van der Waals surface area contributed by atoms with E-state index < -0.39 is 12.0 Å². The molecule has 30 heavy (non-hydrogen) atoms. The summed E-state index contributed by atoms with van der Waals surface area (Å²) in [5.41, 5.74) is 3.90. The number of amides is 2. The number of carboxylic acids is 1. The van der Waals surface area contributed by atoms with Gasteiger partial charge in [-0.25, -0.2) is 4.79 Å². The molecule has 5 nitrogen and oxygen atoms in total. The number of urea groups is 1. The number of carboxylic acid groups (broad SMARTS) is 1. The molecule has 1 aliphatic rings. The Bertz CT molecular complexity index is 1140. The second-order valence-corrected chi connectivity index (χ2v) is 8.03. The maximum atomic E-state index is 12.9. The number of hydrogen-bond donors (Lipinski definition) is 2. The topological polar surface area (TPSA) is 69.6 Å². The first-order valence-corrected chi connectivity index (χ1v) is 10.1. The number of benzene rings is 3. The van der Waals surface area contributed by atoms with Crippen molar-refractivity contribution in [3.8, 4) is 11.1 Å². The molecule has 0 radical (unpaired) electrons. The van der Waals surface area contributed by atoms with E-state index in [1.165, 1.54) is 4.90 Å². The Morgan fingerprint density at radius 3 is 2.33 bits per heavy atom. The minimum Gasteiger partial charge on any atom is -0.481 e. The zero-order chi connectivity index (χ0) is 21.4. The highest BCUT2D eigenvalue weighted by molar-refractivity contribution is 6.40. The SMILES string of the molecule is O=C(O)Cc1cc(-c2ccc(Cl)cc2)c2c(c1)N(c1c(Cl)cccc1Cl)C(=O)NC2. The van der Waals surface area contributed by atoms with Gasteiger partial charge in [-0.05, 0) is 47.0 Å². The number of nitrogens with zero attached hydrogens (tertiary/aromatic N) is 1. The van der Waals surface area contributed by atoms with E-state index in [0.29, 0.717) is 32.0 Å². The fourth-order valence-electron chi connectivity index (χ4n) is 3.54. The minimum absolute atomic E-state index is 0.195. The molecule has 2 N–H and O–H groups in total. The number of hydrogen-bond acceptors (Lipinski definition) is 2. The van der Waals surface area contributed by atoms with Gasteiger partial charge in [0.05, 0.1) is 27.8 Å². The van der Waals surface area contributed by atoms with Gasteiger partial charge in [-0.2, -0.15) is 0 Å². The van der Waals surface area contributed by atoms with Crippen LogP contribution >= 0.6 is 34.8 Å². The van der Waals surface area contributed by atoms with Crippen LogP contribution in [0.4, 0.5) is 16.2 Å². The summed E-state index contributed by atoms with van der Waals surface area (Å²) >= 11 is 18.8. The molecule has 0 spiro atoms. The number of rotatable bonds is 4. The smallest absolute Gasteiger partial charge is 0.326 e. The number of para-hydroxylation sites is 1. The molecule has 0 aromatic heterocycles. The van der Waals surface area contributed by atoms with Crippen molar-refractivity contribution in [2.75, 3.05) is 4.90 Å². The van der Waals surface area contributed by atoms with Crippen LogP contribution in [-0.2, 0) is 17.8 Å². The van der Waals surface area contributed by atoms with Crippen LogP contribution in [0.2, 0.25) is 15.1 Å². The van der Waals surface area contributed by atoms with Crippen LogP contribution in [0.5, 0.6) is 0 Å². The monoisotopic (exact) mass is 460 g/mol. The number of carbonyl (C=O) groups excluding carboxylic acids is 1. The maximum Gasteiger partial charge on any atom is 0.326 e. The van der Waals surface area contributed by atoms with Crippen molar-refractivity contribution >= 4 is 58.2 Å². The third kappa shape index (κ3) is 3.84. The van der Waals surface area contributed by atoms with Gasteiger partial charge < -0.3 is 10.4 Å². The fourth-order valence-corrected chi connectivity index (χ4v) is 4.23. The summed E-state index contributed by atoms with van der Waals surface area (Å²) in [5, 5.41) is 13.4. The Labute approximate surface area is 187 Å². The molecule has 0 saturated heterocycles. The lowest BCUT2D eigenvalue weighted by atomic mass is 9.93. The van der Waals surface area contributed by atoms with Crippen molar-refractivity contribution < 1.29 is 14.7 Å². The highest BCUT2D eigenvalue weighted by Gasteiger charge is 2.31. The summed E-state index contributed by atoms with van der Waals surface area (Å²) in [6.45, 7) is 0.276. The van der Waals surface area contributed by atoms with Crippen molar-refractivity contribution in [3.05, 3.63) is 80.8 Å². The average Bonchev–Trinajstić information content (AvgIpc) is 2.69. The first kappa shape index (κ1) is 20.5. The average molecular weight is 462 g/mol. The third-order valence-electron chi connectivity index (χ3n) is 4.82. The van der Waals surface area contributed by atoms with Crippen molar-refractivity contribution in [3.63, 3.8) is 0 Å². The first-order valence-electron chi connectivity index (χ1n) is 9.00. The van der Waals surface area contributed by atoms with Gasteiger partial charge in [0.1, 0.15) is 0 Å². The second kappa shape index (κ2) is 8.19. The molecule has 0 unspecified atom stereocenters. The van der Waals surface area contributed by atoms with E-state index in [1.807, 2.05) is 18.2 Å². The number of anilines is 2. The van der Waals surface area contributed by atoms with Crippen LogP contribution in [0, 0.1) is 0 Å². The Balaban J connectivity index is 1.98. The number of carbonyl (C=O) groups is 2. The van der Waals surface area contributed by atoms with Crippen LogP contribution in [0.1, 0.15) is 11.1 Å². The first-order chi connectivity index (χ1) is 14.3. The molecule has 0 fully saturated rings. The largest absolute Gasteiger partial charge is 0.481 e. The lowest BCUT2D eigenvalue weighted by Gasteiger charge is -2.33. The molecule has 3 aromatic rings. The third-order valence-corrected chi connectivity index (χ3v) is 5.68. The Morgan fingerprint density at radius 2 is 1.70 bits per heavy atom. The minimum atomic E-state index is -0.973. The van der Waals surface area contributed by atoms with Gasteiger partial charge in [-0.15, -0.1) is 0 Å². The molecule has 0 bridgehead atoms. The molecule has 3 aromatic carbocycles. The summed E-state index contributed by atoms with van der Waals surface area (Å²) in [4.78, 5) is 25.6. The van der Waals surface area contributed by atoms with Crippen LogP contribution in [-0.4, -0.2) is 17.1 Å². The van der Waals surface area contributed by atoms with Gasteiger partial charge in [0, 0.05) is 17.1 Å². The van der Waals surface area contributed by atoms with Gasteiger partial charge in [0.25, 0.3) is 0 Å². The lowest BCUT2D eigenvalue weighted by Crippen LogP contribution is -2.41. The molecule has 0 aliphatic carbocycles. The van der Waals surface area contributed by atoms with E-state index in [2.05, 4.69) is 5.32 Å². The second-order valence-electron chi connectivity index (χ2n) is 6.78. The predicted molar refractivity (Wildman–Crippen MR) is 119 cm³/mol. The molecule has 0 atom stereocenters. The normalized spacial score (nSPS) is 13.0. The van der Waals surface area contributed by atoms with E-state index in [9.17, 15) is 14.7 Å². The molecule has 2 amide bonds. The molecule has 1 heterocycles. The number of nitrogens with one attached hydrogen (secondary N) is 1. The molecule has 152 valence electrons. The van der Waals surface area contributed by atoms with Gasteiger partial charge >= 0.3 is 12.0 Å². The highest BCUT2D eigenvalue weighted by atomic mass is 35.5. The lowest BCUT2D eigenvalue weighted by molar-refractivity contribution is -0.136. The molecule has 0 saturated carbocycles. The zero-order valence-corrected chi connectivity index (χ0v) is 17.7. The number of fused-ring (bicyclic) bond motifs is 1. The van der Waals surface area contributed by atoms with E-state index in [4.69, 9.17) is 34.8 Å². The Hall–Kier alpha value is -2.73. The summed E-state index contributed by atoms with van der Waals surface area (Å²) in [6, 6.07) is 15.3. The quantitative estimate of drug-likeness (QED) is 0.479. The van der Waals surface area contributed by atoms with Crippen molar-refractivity contribution in [2.45, 2.75) is 13.0 Å². The maximum absolute atomic E-state index is 12.9. The van der Waals surface area contributed by atoms with Gasteiger partial charge in [0.2, 0.25) is 0 Å². The Morgan fingerprint density at radius 1 is 1.03 bits per heavy atom. The summed E-state index contributed by atoms with van der Waals surface area (Å²) in [6.07, 6.45) is -0.195. The molecular weight excluding hydrogens is 447 g/mol. The summed E-state index contributed by atoms with van der Waals surface area (Å²) < 4.78 is 0. The van der Waals surface area contributed by atoms with E-state index in [0.717, 1.165) is 16.7 Å².